The zero-order chi connectivity index (χ0) is 31.2. The monoisotopic (exact) mass is 603 g/mol. The summed E-state index contributed by atoms with van der Waals surface area (Å²) in [5.41, 5.74) is 8.43. The standard InChI is InChI=1S/C43H29N3O/c1-3-12-31(13-4-1)41-44-42(32-14-5-2-6-15-32)46-43(45-41)37-26-35(27-39-40(37)36-17-9-10-18-38(36)47-39)30-21-19-29(20-22-30)34-24-23-28-11-7-8-16-33(28)25-34/h1-26,35H,27H2. The third-order valence-corrected chi connectivity index (χ3v) is 9.07. The minimum Gasteiger partial charge on any atom is -0.460 e. The summed E-state index contributed by atoms with van der Waals surface area (Å²) in [6.07, 6.45) is 3.08. The summed E-state index contributed by atoms with van der Waals surface area (Å²) >= 11 is 0. The summed E-state index contributed by atoms with van der Waals surface area (Å²) in [5.74, 6) is 2.97. The molecule has 1 aliphatic carbocycles. The summed E-state index contributed by atoms with van der Waals surface area (Å²) in [7, 11) is 0. The Morgan fingerprint density at radius 2 is 1.09 bits per heavy atom. The lowest BCUT2D eigenvalue weighted by molar-refractivity contribution is 0.531. The van der Waals surface area contributed by atoms with Crippen molar-refractivity contribution in [3.8, 4) is 33.9 Å². The zero-order valence-electron chi connectivity index (χ0n) is 25.5. The van der Waals surface area contributed by atoms with Crippen molar-refractivity contribution in [1.29, 1.82) is 0 Å². The van der Waals surface area contributed by atoms with Crippen LogP contribution >= 0.6 is 0 Å². The second kappa shape index (κ2) is 11.3. The fraction of sp³-hybridized carbons (Fsp3) is 0.0465. The van der Waals surface area contributed by atoms with Gasteiger partial charge in [-0.1, -0.05) is 146 Å². The molecule has 2 aromatic heterocycles. The van der Waals surface area contributed by atoms with E-state index in [2.05, 4.69) is 84.9 Å². The molecule has 0 aliphatic heterocycles. The van der Waals surface area contributed by atoms with Crippen LogP contribution in [0.5, 0.6) is 0 Å². The van der Waals surface area contributed by atoms with Crippen LogP contribution in [0.25, 0.3) is 61.2 Å². The number of furan rings is 1. The number of hydrogen-bond donors (Lipinski definition) is 0. The van der Waals surface area contributed by atoms with E-state index in [0.29, 0.717) is 17.5 Å². The molecule has 6 aromatic carbocycles. The smallest absolute Gasteiger partial charge is 0.164 e. The van der Waals surface area contributed by atoms with Crippen molar-refractivity contribution in [3.63, 3.8) is 0 Å². The van der Waals surface area contributed by atoms with E-state index in [0.717, 1.165) is 45.4 Å². The Bertz CT molecular complexity index is 2370. The maximum absolute atomic E-state index is 6.55. The van der Waals surface area contributed by atoms with Crippen LogP contribution in [0.1, 0.15) is 28.6 Å². The number of nitrogens with zero attached hydrogens (tertiary/aromatic N) is 3. The molecule has 0 saturated heterocycles. The molecule has 1 atom stereocenters. The van der Waals surface area contributed by atoms with Crippen molar-refractivity contribution in [1.82, 2.24) is 15.0 Å². The van der Waals surface area contributed by atoms with Gasteiger partial charge >= 0.3 is 0 Å². The number of fused-ring (bicyclic) bond motifs is 4. The van der Waals surface area contributed by atoms with Gasteiger partial charge in [0.25, 0.3) is 0 Å². The second-order valence-electron chi connectivity index (χ2n) is 12.0. The highest BCUT2D eigenvalue weighted by atomic mass is 16.3. The van der Waals surface area contributed by atoms with E-state index in [1.807, 2.05) is 72.8 Å². The van der Waals surface area contributed by atoms with E-state index in [4.69, 9.17) is 19.4 Å². The van der Waals surface area contributed by atoms with E-state index >= 15 is 0 Å². The molecule has 222 valence electrons. The molecule has 4 nitrogen and oxygen atoms in total. The molecular formula is C43H29N3O. The molecular weight excluding hydrogens is 574 g/mol. The molecule has 0 bridgehead atoms. The Hall–Kier alpha value is -6.13. The van der Waals surface area contributed by atoms with Gasteiger partial charge in [-0.15, -0.1) is 0 Å². The minimum atomic E-state index is 0.0841. The fourth-order valence-corrected chi connectivity index (χ4v) is 6.70. The Balaban J connectivity index is 1.18. The third-order valence-electron chi connectivity index (χ3n) is 9.07. The first kappa shape index (κ1) is 27.2. The normalized spacial score (nSPS) is 14.2. The van der Waals surface area contributed by atoms with E-state index in [1.54, 1.807) is 0 Å². The average molecular weight is 604 g/mol. The highest BCUT2D eigenvalue weighted by Crippen LogP contribution is 2.43. The number of aromatic nitrogens is 3. The van der Waals surface area contributed by atoms with Crippen molar-refractivity contribution in [3.05, 3.63) is 180 Å². The average Bonchev–Trinajstić information content (AvgIpc) is 3.53. The maximum atomic E-state index is 6.55. The van der Waals surface area contributed by atoms with Gasteiger partial charge in [-0.05, 0) is 39.6 Å². The summed E-state index contributed by atoms with van der Waals surface area (Å²) in [5, 5.41) is 3.56. The molecule has 8 aromatic rings. The van der Waals surface area contributed by atoms with E-state index in [9.17, 15) is 0 Å². The quantitative estimate of drug-likeness (QED) is 0.196. The Morgan fingerprint density at radius 1 is 0.489 bits per heavy atom. The predicted molar refractivity (Wildman–Crippen MR) is 190 cm³/mol. The van der Waals surface area contributed by atoms with Crippen LogP contribution in [0.2, 0.25) is 0 Å². The third kappa shape index (κ3) is 5.01. The van der Waals surface area contributed by atoms with Crippen LogP contribution in [0.15, 0.2) is 162 Å². The lowest BCUT2D eigenvalue weighted by Crippen LogP contribution is -2.11. The Kier molecular flexibility index (Phi) is 6.57. The molecule has 0 N–H and O–H groups in total. The van der Waals surface area contributed by atoms with E-state index in [1.165, 1.54) is 27.5 Å². The minimum absolute atomic E-state index is 0.0841. The SMILES string of the molecule is C1=C(c2nc(-c3ccccc3)nc(-c3ccccc3)n2)c2c(oc3ccccc23)CC1c1ccc(-c2ccc3ccccc3c2)cc1. The van der Waals surface area contributed by atoms with Gasteiger partial charge in [0, 0.05) is 40.0 Å². The molecule has 0 radical (unpaired) electrons. The lowest BCUT2D eigenvalue weighted by atomic mass is 9.83. The van der Waals surface area contributed by atoms with Crippen LogP contribution in [-0.4, -0.2) is 15.0 Å². The zero-order valence-corrected chi connectivity index (χ0v) is 25.5. The van der Waals surface area contributed by atoms with Gasteiger partial charge < -0.3 is 4.42 Å². The molecule has 1 aliphatic rings. The number of benzene rings is 6. The molecule has 1 unspecified atom stereocenters. The van der Waals surface area contributed by atoms with E-state index < -0.39 is 0 Å². The number of hydrogen-bond acceptors (Lipinski definition) is 4. The van der Waals surface area contributed by atoms with Crippen molar-refractivity contribution in [2.24, 2.45) is 0 Å². The summed E-state index contributed by atoms with van der Waals surface area (Å²) < 4.78 is 6.55. The molecule has 4 heteroatoms. The largest absolute Gasteiger partial charge is 0.460 e. The van der Waals surface area contributed by atoms with Crippen molar-refractivity contribution >= 4 is 27.3 Å². The molecule has 0 saturated carbocycles. The highest BCUT2D eigenvalue weighted by Gasteiger charge is 2.29. The summed E-state index contributed by atoms with van der Waals surface area (Å²) in [6.45, 7) is 0. The van der Waals surface area contributed by atoms with Crippen LogP contribution in [-0.2, 0) is 6.42 Å². The van der Waals surface area contributed by atoms with Crippen LogP contribution in [0, 0.1) is 0 Å². The lowest BCUT2D eigenvalue weighted by Gasteiger charge is -2.22. The van der Waals surface area contributed by atoms with Gasteiger partial charge in [0.05, 0.1) is 0 Å². The topological polar surface area (TPSA) is 51.8 Å². The molecule has 47 heavy (non-hydrogen) atoms. The van der Waals surface area contributed by atoms with Gasteiger partial charge in [-0.3, -0.25) is 0 Å². The van der Waals surface area contributed by atoms with Gasteiger partial charge in [-0.25, -0.2) is 15.0 Å². The van der Waals surface area contributed by atoms with Crippen LogP contribution in [0.4, 0.5) is 0 Å². The van der Waals surface area contributed by atoms with Crippen molar-refractivity contribution < 1.29 is 4.42 Å². The molecule has 0 fully saturated rings. The molecule has 0 amide bonds. The molecule has 2 heterocycles. The summed E-state index contributed by atoms with van der Waals surface area (Å²) in [6, 6.07) is 52.6. The number of allylic oxidation sites excluding steroid dienone is 1. The van der Waals surface area contributed by atoms with Crippen LogP contribution < -0.4 is 0 Å². The molecule has 0 spiro atoms. The fourth-order valence-electron chi connectivity index (χ4n) is 6.70. The number of rotatable bonds is 5. The number of para-hydroxylation sites is 1. The first-order valence-corrected chi connectivity index (χ1v) is 16.0. The van der Waals surface area contributed by atoms with Gasteiger partial charge in [0.2, 0.25) is 0 Å². The second-order valence-corrected chi connectivity index (χ2v) is 12.0. The summed E-state index contributed by atoms with van der Waals surface area (Å²) in [4.78, 5) is 15.2. The Labute approximate surface area is 272 Å². The first-order valence-electron chi connectivity index (χ1n) is 16.0. The van der Waals surface area contributed by atoms with Crippen molar-refractivity contribution in [2.45, 2.75) is 12.3 Å². The highest BCUT2D eigenvalue weighted by molar-refractivity contribution is 5.97. The predicted octanol–water partition coefficient (Wildman–Crippen LogP) is 10.5. The van der Waals surface area contributed by atoms with Gasteiger partial charge in [0.15, 0.2) is 17.5 Å². The molecule has 9 rings (SSSR count). The van der Waals surface area contributed by atoms with Gasteiger partial charge in [-0.2, -0.15) is 0 Å². The van der Waals surface area contributed by atoms with E-state index in [-0.39, 0.29) is 5.92 Å². The van der Waals surface area contributed by atoms with Gasteiger partial charge in [0.1, 0.15) is 11.3 Å². The van der Waals surface area contributed by atoms with Crippen LogP contribution in [0.3, 0.4) is 0 Å². The van der Waals surface area contributed by atoms with Crippen molar-refractivity contribution in [2.75, 3.05) is 0 Å². The maximum Gasteiger partial charge on any atom is 0.164 e. The first-order chi connectivity index (χ1) is 23.3. The Morgan fingerprint density at radius 3 is 1.81 bits per heavy atom.